The third-order valence-corrected chi connectivity index (χ3v) is 3.64. The van der Waals surface area contributed by atoms with Crippen LogP contribution < -0.4 is 10.6 Å². The first-order valence-corrected chi connectivity index (χ1v) is 7.35. The van der Waals surface area contributed by atoms with Crippen molar-refractivity contribution in [1.82, 2.24) is 5.32 Å². The molecule has 2 rings (SSSR count). The van der Waals surface area contributed by atoms with Crippen molar-refractivity contribution in [3.63, 3.8) is 0 Å². The van der Waals surface area contributed by atoms with E-state index in [0.29, 0.717) is 5.56 Å². The Bertz CT molecular complexity index is 836. The minimum absolute atomic E-state index is 0.0367. The van der Waals surface area contributed by atoms with E-state index in [1.165, 1.54) is 6.07 Å². The summed E-state index contributed by atoms with van der Waals surface area (Å²) in [7, 11) is 0. The number of aromatic hydroxyl groups is 1. The number of nitrogens with one attached hydrogen (secondary N) is 2. The lowest BCUT2D eigenvalue weighted by atomic mass is 10.1. The van der Waals surface area contributed by atoms with Gasteiger partial charge in [0, 0.05) is 17.7 Å². The number of nitro benzene ring substituents is 1. The Morgan fingerprint density at radius 1 is 1.17 bits per heavy atom. The molecule has 124 valence electrons. The number of hydrogen-bond acceptors (Lipinski definition) is 5. The molecule has 2 aromatic carbocycles. The molecule has 0 bridgehead atoms. The molecule has 7 nitrogen and oxygen atoms in total. The number of phenols is 1. The molecule has 0 fully saturated rings. The van der Waals surface area contributed by atoms with Gasteiger partial charge in [0.15, 0.2) is 5.11 Å². The second kappa shape index (κ2) is 7.05. The average Bonchev–Trinajstić information content (AvgIpc) is 2.51. The predicted octanol–water partition coefficient (Wildman–Crippen LogP) is 3.04. The first-order valence-electron chi connectivity index (χ1n) is 6.95. The maximum Gasteiger partial charge on any atom is 0.271 e. The number of non-ortho nitro benzene ring substituents is 1. The zero-order chi connectivity index (χ0) is 17.9. The van der Waals surface area contributed by atoms with Gasteiger partial charge in [-0.1, -0.05) is 6.07 Å². The van der Waals surface area contributed by atoms with Gasteiger partial charge < -0.3 is 10.4 Å². The van der Waals surface area contributed by atoms with Crippen LogP contribution >= 0.6 is 12.2 Å². The summed E-state index contributed by atoms with van der Waals surface area (Å²) < 4.78 is 0. The van der Waals surface area contributed by atoms with Gasteiger partial charge in [0.05, 0.1) is 10.6 Å². The summed E-state index contributed by atoms with van der Waals surface area (Å²) in [5, 5.41) is 25.5. The first-order chi connectivity index (χ1) is 11.3. The number of carbonyl (C=O) groups excluding carboxylic acids is 1. The Balaban J connectivity index is 2.10. The molecule has 1 amide bonds. The van der Waals surface area contributed by atoms with E-state index in [9.17, 15) is 20.0 Å². The van der Waals surface area contributed by atoms with Crippen LogP contribution in [-0.2, 0) is 0 Å². The van der Waals surface area contributed by atoms with Crippen molar-refractivity contribution in [1.29, 1.82) is 0 Å². The van der Waals surface area contributed by atoms with E-state index in [-0.39, 0.29) is 22.2 Å². The molecule has 8 heteroatoms. The number of benzene rings is 2. The van der Waals surface area contributed by atoms with Crippen LogP contribution in [0.2, 0.25) is 0 Å². The highest BCUT2D eigenvalue weighted by molar-refractivity contribution is 7.80. The number of nitro groups is 1. The maximum absolute atomic E-state index is 12.2. The standard InChI is InChI=1S/C16H15N3O4S/c1-9-3-4-11(7-10(9)2)15(21)18-16(24)17-13-8-12(19(22)23)5-6-14(13)20/h3-8,20H,1-2H3,(H2,17,18,21,24). The Morgan fingerprint density at radius 3 is 2.50 bits per heavy atom. The molecule has 0 radical (unpaired) electrons. The van der Waals surface area contributed by atoms with Gasteiger partial charge in [-0.2, -0.15) is 0 Å². The van der Waals surface area contributed by atoms with Crippen molar-refractivity contribution in [2.75, 3.05) is 5.32 Å². The van der Waals surface area contributed by atoms with E-state index in [0.717, 1.165) is 23.3 Å². The second-order valence-electron chi connectivity index (χ2n) is 5.17. The molecular weight excluding hydrogens is 330 g/mol. The fourth-order valence-electron chi connectivity index (χ4n) is 1.95. The molecule has 0 saturated heterocycles. The van der Waals surface area contributed by atoms with Crippen LogP contribution in [0.5, 0.6) is 5.75 Å². The Hall–Kier alpha value is -3.00. The van der Waals surface area contributed by atoms with Gasteiger partial charge in [-0.05, 0) is 55.4 Å². The number of hydrogen-bond donors (Lipinski definition) is 3. The third-order valence-electron chi connectivity index (χ3n) is 3.44. The molecule has 2 aromatic rings. The number of rotatable bonds is 3. The van der Waals surface area contributed by atoms with Crippen molar-refractivity contribution in [3.8, 4) is 5.75 Å². The second-order valence-corrected chi connectivity index (χ2v) is 5.57. The summed E-state index contributed by atoms with van der Waals surface area (Å²) in [6, 6.07) is 8.70. The predicted molar refractivity (Wildman–Crippen MR) is 94.4 cm³/mol. The number of amides is 1. The quantitative estimate of drug-likeness (QED) is 0.342. The Kier molecular flexibility index (Phi) is 5.10. The monoisotopic (exact) mass is 345 g/mol. The molecule has 0 aliphatic carbocycles. The molecular formula is C16H15N3O4S. The molecule has 0 spiro atoms. The Labute approximate surface area is 143 Å². The van der Waals surface area contributed by atoms with Gasteiger partial charge >= 0.3 is 0 Å². The van der Waals surface area contributed by atoms with Crippen molar-refractivity contribution < 1.29 is 14.8 Å². The lowest BCUT2D eigenvalue weighted by Crippen LogP contribution is -2.34. The molecule has 0 heterocycles. The van der Waals surface area contributed by atoms with Crippen LogP contribution in [0.4, 0.5) is 11.4 Å². The minimum atomic E-state index is -0.596. The van der Waals surface area contributed by atoms with Gasteiger partial charge in [-0.15, -0.1) is 0 Å². The van der Waals surface area contributed by atoms with Gasteiger partial charge in [0.2, 0.25) is 0 Å². The highest BCUT2D eigenvalue weighted by Crippen LogP contribution is 2.27. The number of thiocarbonyl (C=S) groups is 1. The zero-order valence-corrected chi connectivity index (χ0v) is 13.8. The molecule has 0 unspecified atom stereocenters. The number of phenolic OH excluding ortho intramolecular Hbond substituents is 1. The largest absolute Gasteiger partial charge is 0.506 e. The molecule has 0 aliphatic heterocycles. The van der Waals surface area contributed by atoms with Gasteiger partial charge in [0.1, 0.15) is 5.75 Å². The smallest absolute Gasteiger partial charge is 0.271 e. The van der Waals surface area contributed by atoms with Crippen LogP contribution in [0, 0.1) is 24.0 Å². The van der Waals surface area contributed by atoms with E-state index >= 15 is 0 Å². The maximum atomic E-state index is 12.2. The van der Waals surface area contributed by atoms with Crippen LogP contribution in [0.15, 0.2) is 36.4 Å². The van der Waals surface area contributed by atoms with Gasteiger partial charge in [-0.25, -0.2) is 0 Å². The van der Waals surface area contributed by atoms with Gasteiger partial charge in [0.25, 0.3) is 11.6 Å². The molecule has 24 heavy (non-hydrogen) atoms. The van der Waals surface area contributed by atoms with Gasteiger partial charge in [-0.3, -0.25) is 20.2 Å². The van der Waals surface area contributed by atoms with Crippen LogP contribution in [0.3, 0.4) is 0 Å². The molecule has 0 aliphatic rings. The van der Waals surface area contributed by atoms with E-state index in [1.807, 2.05) is 19.9 Å². The molecule has 0 aromatic heterocycles. The summed E-state index contributed by atoms with van der Waals surface area (Å²) in [4.78, 5) is 22.3. The number of aryl methyl sites for hydroxylation is 2. The van der Waals surface area contributed by atoms with E-state index in [2.05, 4.69) is 10.6 Å². The lowest BCUT2D eigenvalue weighted by Gasteiger charge is -2.11. The van der Waals surface area contributed by atoms with Crippen LogP contribution in [0.1, 0.15) is 21.5 Å². The number of nitrogens with zero attached hydrogens (tertiary/aromatic N) is 1. The third kappa shape index (κ3) is 4.05. The summed E-state index contributed by atoms with van der Waals surface area (Å²) >= 11 is 5.02. The number of anilines is 1. The highest BCUT2D eigenvalue weighted by Gasteiger charge is 2.13. The topological polar surface area (TPSA) is 104 Å². The van der Waals surface area contributed by atoms with E-state index in [4.69, 9.17) is 12.2 Å². The summed E-state index contributed by atoms with van der Waals surface area (Å²) in [5.74, 6) is -0.635. The van der Waals surface area contributed by atoms with Crippen molar-refractivity contribution >= 4 is 34.6 Å². The highest BCUT2D eigenvalue weighted by atomic mass is 32.1. The summed E-state index contributed by atoms with van der Waals surface area (Å²) in [6.45, 7) is 3.83. The van der Waals surface area contributed by atoms with Crippen molar-refractivity contribution in [2.24, 2.45) is 0 Å². The van der Waals surface area contributed by atoms with Crippen molar-refractivity contribution in [3.05, 3.63) is 63.2 Å². The molecule has 3 N–H and O–H groups in total. The lowest BCUT2D eigenvalue weighted by molar-refractivity contribution is -0.384. The van der Waals surface area contributed by atoms with Crippen molar-refractivity contribution in [2.45, 2.75) is 13.8 Å². The average molecular weight is 345 g/mol. The SMILES string of the molecule is Cc1ccc(C(=O)NC(=S)Nc2cc([N+](=O)[O-])ccc2O)cc1C. The Morgan fingerprint density at radius 2 is 1.88 bits per heavy atom. The summed E-state index contributed by atoms with van der Waals surface area (Å²) in [6.07, 6.45) is 0. The fraction of sp³-hybridized carbons (Fsp3) is 0.125. The normalized spacial score (nSPS) is 10.1. The first kappa shape index (κ1) is 17.4. The fourth-order valence-corrected chi connectivity index (χ4v) is 2.15. The van der Waals surface area contributed by atoms with E-state index < -0.39 is 10.8 Å². The summed E-state index contributed by atoms with van der Waals surface area (Å²) in [5.41, 5.74) is 2.30. The molecule has 0 saturated carbocycles. The molecule has 0 atom stereocenters. The minimum Gasteiger partial charge on any atom is -0.506 e. The number of carbonyl (C=O) groups is 1. The van der Waals surface area contributed by atoms with E-state index in [1.54, 1.807) is 12.1 Å². The van der Waals surface area contributed by atoms with Crippen LogP contribution in [-0.4, -0.2) is 21.0 Å². The van der Waals surface area contributed by atoms with Crippen LogP contribution in [0.25, 0.3) is 0 Å². The zero-order valence-electron chi connectivity index (χ0n) is 13.0.